The SMILES string of the molecule is Cc1cc(C(C)NC(=O)CC2(N)CCC2)c(C)s1. The number of rotatable bonds is 4. The molecule has 1 fully saturated rings. The molecule has 1 unspecified atom stereocenters. The fraction of sp³-hybridized carbons (Fsp3) is 0.643. The number of hydrogen-bond acceptors (Lipinski definition) is 3. The van der Waals surface area contributed by atoms with Gasteiger partial charge < -0.3 is 11.1 Å². The van der Waals surface area contributed by atoms with Crippen molar-refractivity contribution in [3.63, 3.8) is 0 Å². The smallest absolute Gasteiger partial charge is 0.222 e. The van der Waals surface area contributed by atoms with E-state index in [0.29, 0.717) is 6.42 Å². The maximum Gasteiger partial charge on any atom is 0.222 e. The van der Waals surface area contributed by atoms with Gasteiger partial charge in [-0.25, -0.2) is 0 Å². The van der Waals surface area contributed by atoms with Crippen molar-refractivity contribution >= 4 is 17.2 Å². The summed E-state index contributed by atoms with van der Waals surface area (Å²) in [7, 11) is 0. The van der Waals surface area contributed by atoms with Gasteiger partial charge in [0.05, 0.1) is 6.04 Å². The van der Waals surface area contributed by atoms with E-state index in [9.17, 15) is 4.79 Å². The molecule has 1 aliphatic rings. The third-order valence-corrected chi connectivity index (χ3v) is 4.77. The number of nitrogens with one attached hydrogen (secondary N) is 1. The first-order valence-corrected chi connectivity index (χ1v) is 7.36. The lowest BCUT2D eigenvalue weighted by molar-refractivity contribution is -0.123. The summed E-state index contributed by atoms with van der Waals surface area (Å²) < 4.78 is 0. The molecule has 1 aliphatic carbocycles. The normalized spacial score (nSPS) is 19.1. The summed E-state index contributed by atoms with van der Waals surface area (Å²) in [6.07, 6.45) is 3.57. The monoisotopic (exact) mass is 266 g/mol. The van der Waals surface area contributed by atoms with Crippen LogP contribution in [0.5, 0.6) is 0 Å². The number of thiophene rings is 1. The van der Waals surface area contributed by atoms with Crippen molar-refractivity contribution in [3.05, 3.63) is 21.4 Å². The number of carbonyl (C=O) groups excluding carboxylic acids is 1. The Morgan fingerprint density at radius 1 is 1.56 bits per heavy atom. The second-order valence-corrected chi connectivity index (χ2v) is 7.01. The Hall–Kier alpha value is -0.870. The summed E-state index contributed by atoms with van der Waals surface area (Å²) in [5, 5.41) is 3.06. The van der Waals surface area contributed by atoms with Gasteiger partial charge >= 0.3 is 0 Å². The highest BCUT2D eigenvalue weighted by atomic mass is 32.1. The average Bonchev–Trinajstić information content (AvgIpc) is 2.55. The predicted octanol–water partition coefficient (Wildman–Crippen LogP) is 2.81. The Labute approximate surface area is 113 Å². The highest BCUT2D eigenvalue weighted by Gasteiger charge is 2.34. The van der Waals surface area contributed by atoms with E-state index >= 15 is 0 Å². The number of nitrogens with two attached hydrogens (primary N) is 1. The molecular formula is C14H22N2OS. The number of aryl methyl sites for hydroxylation is 2. The lowest BCUT2D eigenvalue weighted by Gasteiger charge is -2.37. The average molecular weight is 266 g/mol. The van der Waals surface area contributed by atoms with Gasteiger partial charge in [0.1, 0.15) is 0 Å². The van der Waals surface area contributed by atoms with Crippen LogP contribution in [0.3, 0.4) is 0 Å². The second kappa shape index (κ2) is 5.02. The van der Waals surface area contributed by atoms with Crippen LogP contribution in [-0.2, 0) is 4.79 Å². The maximum absolute atomic E-state index is 12.0. The van der Waals surface area contributed by atoms with Crippen molar-refractivity contribution in [1.29, 1.82) is 0 Å². The van der Waals surface area contributed by atoms with E-state index in [0.717, 1.165) is 19.3 Å². The van der Waals surface area contributed by atoms with Crippen LogP contribution in [0.4, 0.5) is 0 Å². The van der Waals surface area contributed by atoms with E-state index in [1.807, 2.05) is 6.92 Å². The molecule has 1 aromatic rings. The highest BCUT2D eigenvalue weighted by molar-refractivity contribution is 7.12. The van der Waals surface area contributed by atoms with E-state index in [4.69, 9.17) is 5.73 Å². The van der Waals surface area contributed by atoms with Crippen LogP contribution in [0.2, 0.25) is 0 Å². The van der Waals surface area contributed by atoms with Gasteiger partial charge in [-0.15, -0.1) is 11.3 Å². The minimum Gasteiger partial charge on any atom is -0.349 e. The van der Waals surface area contributed by atoms with Gasteiger partial charge in [-0.3, -0.25) is 4.79 Å². The molecule has 1 saturated carbocycles. The number of carbonyl (C=O) groups is 1. The summed E-state index contributed by atoms with van der Waals surface area (Å²) in [6, 6.07) is 2.23. The third-order valence-electron chi connectivity index (χ3n) is 3.79. The molecule has 1 amide bonds. The van der Waals surface area contributed by atoms with Crippen LogP contribution in [-0.4, -0.2) is 11.4 Å². The molecule has 4 heteroatoms. The Morgan fingerprint density at radius 2 is 2.22 bits per heavy atom. The molecule has 0 aliphatic heterocycles. The van der Waals surface area contributed by atoms with Crippen LogP contribution >= 0.6 is 11.3 Å². The molecule has 3 nitrogen and oxygen atoms in total. The van der Waals surface area contributed by atoms with E-state index < -0.39 is 0 Å². The molecule has 1 aromatic heterocycles. The zero-order valence-corrected chi connectivity index (χ0v) is 12.2. The molecule has 1 atom stereocenters. The molecule has 0 bridgehead atoms. The van der Waals surface area contributed by atoms with Gasteiger partial charge in [0.25, 0.3) is 0 Å². The van der Waals surface area contributed by atoms with Crippen LogP contribution in [0.1, 0.15) is 54.0 Å². The molecule has 100 valence electrons. The minimum atomic E-state index is -0.233. The van der Waals surface area contributed by atoms with Crippen LogP contribution < -0.4 is 11.1 Å². The van der Waals surface area contributed by atoms with Crippen molar-refractivity contribution in [2.24, 2.45) is 5.73 Å². The van der Waals surface area contributed by atoms with Crippen molar-refractivity contribution in [3.8, 4) is 0 Å². The van der Waals surface area contributed by atoms with Crippen molar-refractivity contribution < 1.29 is 4.79 Å². The summed E-state index contributed by atoms with van der Waals surface area (Å²) >= 11 is 1.78. The quantitative estimate of drug-likeness (QED) is 0.880. The lowest BCUT2D eigenvalue weighted by Crippen LogP contribution is -2.50. The molecule has 1 heterocycles. The van der Waals surface area contributed by atoms with Gasteiger partial charge in [-0.2, -0.15) is 0 Å². The van der Waals surface area contributed by atoms with Gasteiger partial charge in [0.15, 0.2) is 0 Å². The largest absolute Gasteiger partial charge is 0.349 e. The Bertz CT molecular complexity index is 449. The first-order chi connectivity index (χ1) is 8.39. The maximum atomic E-state index is 12.0. The zero-order valence-electron chi connectivity index (χ0n) is 11.4. The van der Waals surface area contributed by atoms with Gasteiger partial charge in [0.2, 0.25) is 5.91 Å². The summed E-state index contributed by atoms with van der Waals surface area (Å²) in [5.74, 6) is 0.0768. The Balaban J connectivity index is 1.92. The molecule has 3 N–H and O–H groups in total. The number of hydrogen-bond donors (Lipinski definition) is 2. The van der Waals surface area contributed by atoms with E-state index in [2.05, 4.69) is 25.2 Å². The molecule has 18 heavy (non-hydrogen) atoms. The summed E-state index contributed by atoms with van der Waals surface area (Å²) in [6.45, 7) is 6.24. The first-order valence-electron chi connectivity index (χ1n) is 6.55. The molecule has 0 spiro atoms. The lowest BCUT2D eigenvalue weighted by atomic mass is 9.75. The van der Waals surface area contributed by atoms with Crippen molar-refractivity contribution in [1.82, 2.24) is 5.32 Å². The van der Waals surface area contributed by atoms with Gasteiger partial charge in [-0.05, 0) is 51.7 Å². The summed E-state index contributed by atoms with van der Waals surface area (Å²) in [4.78, 5) is 14.5. The standard InChI is InChI=1S/C14H22N2OS/c1-9-7-12(11(3)18-9)10(2)16-13(17)8-14(15)5-4-6-14/h7,10H,4-6,8,15H2,1-3H3,(H,16,17). The Morgan fingerprint density at radius 3 is 2.67 bits per heavy atom. The van der Waals surface area contributed by atoms with Crippen molar-refractivity contribution in [2.75, 3.05) is 0 Å². The highest BCUT2D eigenvalue weighted by Crippen LogP contribution is 2.32. The van der Waals surface area contributed by atoms with Crippen LogP contribution in [0.25, 0.3) is 0 Å². The fourth-order valence-electron chi connectivity index (χ4n) is 2.58. The molecule has 0 saturated heterocycles. The second-order valence-electron chi connectivity index (χ2n) is 5.55. The minimum absolute atomic E-state index is 0.0751. The van der Waals surface area contributed by atoms with Gasteiger partial charge in [-0.1, -0.05) is 0 Å². The molecule has 0 aromatic carbocycles. The van der Waals surface area contributed by atoms with E-state index in [1.54, 1.807) is 11.3 Å². The van der Waals surface area contributed by atoms with E-state index in [1.165, 1.54) is 15.3 Å². The molecular weight excluding hydrogens is 244 g/mol. The zero-order chi connectivity index (χ0) is 13.3. The van der Waals surface area contributed by atoms with Crippen LogP contribution in [0.15, 0.2) is 6.07 Å². The predicted molar refractivity (Wildman–Crippen MR) is 75.7 cm³/mol. The van der Waals surface area contributed by atoms with Crippen LogP contribution in [0, 0.1) is 13.8 Å². The number of amides is 1. The third kappa shape index (κ3) is 2.93. The fourth-order valence-corrected chi connectivity index (χ4v) is 3.60. The molecule has 2 rings (SSSR count). The van der Waals surface area contributed by atoms with Gasteiger partial charge in [0, 0.05) is 21.7 Å². The Kier molecular flexibility index (Phi) is 3.78. The topological polar surface area (TPSA) is 55.1 Å². The van der Waals surface area contributed by atoms with Crippen molar-refractivity contribution in [2.45, 2.75) is 58.0 Å². The summed E-state index contributed by atoms with van der Waals surface area (Å²) in [5.41, 5.74) is 7.09. The molecule has 0 radical (unpaired) electrons. The van der Waals surface area contributed by atoms with E-state index in [-0.39, 0.29) is 17.5 Å². The first kappa shape index (κ1) is 13.6.